The molecule has 116 valence electrons. The Morgan fingerprint density at radius 1 is 1.05 bits per heavy atom. The highest BCUT2D eigenvalue weighted by Crippen LogP contribution is 2.25. The van der Waals surface area contributed by atoms with Gasteiger partial charge in [0.2, 0.25) is 0 Å². The van der Waals surface area contributed by atoms with Gasteiger partial charge in [0, 0.05) is 6.54 Å². The first-order valence-electron chi connectivity index (χ1n) is 8.04. The minimum atomic E-state index is 0.178. The average Bonchev–Trinajstić information content (AvgIpc) is 2.37. The van der Waals surface area contributed by atoms with Crippen LogP contribution in [0.1, 0.15) is 53.9 Å². The second kappa shape index (κ2) is 8.63. The van der Waals surface area contributed by atoms with Gasteiger partial charge in [-0.25, -0.2) is 0 Å². The number of likely N-dealkylation sites (tertiary alicyclic amines) is 1. The number of nitrogens with zero attached hydrogens (tertiary/aromatic N) is 1. The first-order valence-corrected chi connectivity index (χ1v) is 8.04. The lowest BCUT2D eigenvalue weighted by Crippen LogP contribution is -2.33. The molecule has 1 aliphatic rings. The van der Waals surface area contributed by atoms with Gasteiger partial charge in [0.15, 0.2) is 0 Å². The van der Waals surface area contributed by atoms with E-state index in [1.807, 2.05) is 0 Å². The van der Waals surface area contributed by atoms with Crippen LogP contribution in [0.15, 0.2) is 23.3 Å². The molecule has 1 rings (SSSR count). The summed E-state index contributed by atoms with van der Waals surface area (Å²) in [5, 5.41) is 0. The van der Waals surface area contributed by atoms with E-state index in [1.54, 1.807) is 0 Å². The summed E-state index contributed by atoms with van der Waals surface area (Å²) in [7, 11) is 0. The fourth-order valence-corrected chi connectivity index (χ4v) is 2.34. The molecule has 2 heteroatoms. The van der Waals surface area contributed by atoms with Crippen LogP contribution >= 0.6 is 0 Å². The molecule has 20 heavy (non-hydrogen) atoms. The van der Waals surface area contributed by atoms with Crippen molar-refractivity contribution in [3.63, 3.8) is 0 Å². The molecule has 0 aromatic heterocycles. The summed E-state index contributed by atoms with van der Waals surface area (Å²) in [6.45, 7) is 16.2. The predicted octanol–water partition coefficient (Wildman–Crippen LogP) is 4.43. The summed E-state index contributed by atoms with van der Waals surface area (Å²) in [4.78, 5) is 2.53. The van der Waals surface area contributed by atoms with Gasteiger partial charge in [0.05, 0.1) is 13.2 Å². The summed E-state index contributed by atoms with van der Waals surface area (Å²) in [5.74, 6) is 0. The normalized spacial score (nSPS) is 18.1. The van der Waals surface area contributed by atoms with Gasteiger partial charge in [-0.2, -0.15) is 0 Å². The molecular formula is C18H33NO. The Morgan fingerprint density at radius 3 is 2.25 bits per heavy atom. The Kier molecular flexibility index (Phi) is 7.53. The zero-order valence-corrected chi connectivity index (χ0v) is 14.2. The molecule has 0 N–H and O–H groups in total. The zero-order valence-electron chi connectivity index (χ0n) is 14.2. The maximum Gasteiger partial charge on any atom is 0.0685 e. The van der Waals surface area contributed by atoms with Crippen LogP contribution in [0.4, 0.5) is 0 Å². The van der Waals surface area contributed by atoms with Gasteiger partial charge in [-0.15, -0.1) is 0 Å². The van der Waals surface area contributed by atoms with Crippen LogP contribution < -0.4 is 0 Å². The van der Waals surface area contributed by atoms with Gasteiger partial charge in [-0.05, 0) is 50.8 Å². The maximum atomic E-state index is 5.92. The SMILES string of the molecule is CC(C)=C/C=C(\COCCN1CCCCC1)C(C)(C)C. The number of hydrogen-bond donors (Lipinski definition) is 0. The number of ether oxygens (including phenoxy) is 1. The van der Waals surface area contributed by atoms with Gasteiger partial charge in [0.1, 0.15) is 0 Å². The molecule has 0 radical (unpaired) electrons. The van der Waals surface area contributed by atoms with E-state index in [0.29, 0.717) is 0 Å². The summed E-state index contributed by atoms with van der Waals surface area (Å²) >= 11 is 0. The van der Waals surface area contributed by atoms with E-state index in [4.69, 9.17) is 4.74 Å². The van der Waals surface area contributed by atoms with Gasteiger partial charge in [-0.1, -0.05) is 44.9 Å². The summed E-state index contributed by atoms with van der Waals surface area (Å²) in [6.07, 6.45) is 8.53. The molecule has 1 saturated heterocycles. The minimum absolute atomic E-state index is 0.178. The predicted molar refractivity (Wildman–Crippen MR) is 88.1 cm³/mol. The minimum Gasteiger partial charge on any atom is -0.376 e. The highest BCUT2D eigenvalue weighted by atomic mass is 16.5. The Morgan fingerprint density at radius 2 is 1.70 bits per heavy atom. The van der Waals surface area contributed by atoms with Crippen molar-refractivity contribution in [1.29, 1.82) is 0 Å². The highest BCUT2D eigenvalue weighted by Gasteiger charge is 2.16. The number of rotatable bonds is 6. The van der Waals surface area contributed by atoms with Crippen LogP contribution in [0.2, 0.25) is 0 Å². The Bertz CT molecular complexity index is 326. The van der Waals surface area contributed by atoms with Crippen molar-refractivity contribution < 1.29 is 4.74 Å². The maximum absolute atomic E-state index is 5.92. The lowest BCUT2D eigenvalue weighted by atomic mass is 9.86. The quantitative estimate of drug-likeness (QED) is 0.527. The third-order valence-electron chi connectivity index (χ3n) is 3.84. The molecule has 0 spiro atoms. The molecule has 0 aromatic rings. The first kappa shape index (κ1) is 17.5. The van der Waals surface area contributed by atoms with E-state index < -0.39 is 0 Å². The van der Waals surface area contributed by atoms with Gasteiger partial charge >= 0.3 is 0 Å². The molecule has 0 amide bonds. The van der Waals surface area contributed by atoms with Crippen LogP contribution in [0.5, 0.6) is 0 Å². The van der Waals surface area contributed by atoms with Crippen molar-refractivity contribution in [1.82, 2.24) is 4.90 Å². The molecule has 0 unspecified atom stereocenters. The second-order valence-electron chi connectivity index (χ2n) is 7.14. The van der Waals surface area contributed by atoms with Crippen molar-refractivity contribution in [3.05, 3.63) is 23.3 Å². The molecular weight excluding hydrogens is 246 g/mol. The number of piperidine rings is 1. The molecule has 1 aliphatic heterocycles. The van der Waals surface area contributed by atoms with Gasteiger partial charge in [0.25, 0.3) is 0 Å². The van der Waals surface area contributed by atoms with Crippen molar-refractivity contribution in [3.8, 4) is 0 Å². The molecule has 0 aliphatic carbocycles. The van der Waals surface area contributed by atoms with E-state index in [2.05, 4.69) is 51.7 Å². The van der Waals surface area contributed by atoms with E-state index in [-0.39, 0.29) is 5.41 Å². The van der Waals surface area contributed by atoms with E-state index in [1.165, 1.54) is 43.5 Å². The van der Waals surface area contributed by atoms with E-state index in [0.717, 1.165) is 19.8 Å². The fraction of sp³-hybridized carbons (Fsp3) is 0.778. The Hall–Kier alpha value is -0.600. The van der Waals surface area contributed by atoms with Crippen molar-refractivity contribution >= 4 is 0 Å². The smallest absolute Gasteiger partial charge is 0.0685 e. The van der Waals surface area contributed by atoms with Crippen LogP contribution in [0.25, 0.3) is 0 Å². The summed E-state index contributed by atoms with van der Waals surface area (Å²) in [5.41, 5.74) is 2.88. The van der Waals surface area contributed by atoms with Gasteiger partial charge < -0.3 is 9.64 Å². The molecule has 2 nitrogen and oxygen atoms in total. The molecule has 0 bridgehead atoms. The number of hydrogen-bond acceptors (Lipinski definition) is 2. The fourth-order valence-electron chi connectivity index (χ4n) is 2.34. The Labute approximate surface area is 125 Å². The van der Waals surface area contributed by atoms with Crippen LogP contribution in [-0.2, 0) is 4.74 Å². The molecule has 0 atom stereocenters. The number of allylic oxidation sites excluding steroid dienone is 3. The zero-order chi connectivity index (χ0) is 15.0. The van der Waals surface area contributed by atoms with Crippen LogP contribution in [0.3, 0.4) is 0 Å². The average molecular weight is 279 g/mol. The first-order chi connectivity index (χ1) is 9.39. The van der Waals surface area contributed by atoms with Crippen LogP contribution in [0, 0.1) is 5.41 Å². The topological polar surface area (TPSA) is 12.5 Å². The van der Waals surface area contributed by atoms with Gasteiger partial charge in [-0.3, -0.25) is 0 Å². The largest absolute Gasteiger partial charge is 0.376 e. The van der Waals surface area contributed by atoms with Crippen molar-refractivity contribution in [2.45, 2.75) is 53.9 Å². The standard InChI is InChI=1S/C18H33NO/c1-16(2)9-10-17(18(3,4)5)15-20-14-13-19-11-7-6-8-12-19/h9-10H,6-8,11-15H2,1-5H3/b17-10+. The lowest BCUT2D eigenvalue weighted by Gasteiger charge is -2.27. The lowest BCUT2D eigenvalue weighted by molar-refractivity contribution is 0.104. The summed E-state index contributed by atoms with van der Waals surface area (Å²) in [6, 6.07) is 0. The third-order valence-corrected chi connectivity index (χ3v) is 3.84. The third kappa shape index (κ3) is 7.25. The van der Waals surface area contributed by atoms with Crippen molar-refractivity contribution in [2.75, 3.05) is 32.8 Å². The monoisotopic (exact) mass is 279 g/mol. The summed E-state index contributed by atoms with van der Waals surface area (Å²) < 4.78 is 5.92. The Balaban J connectivity index is 2.35. The second-order valence-corrected chi connectivity index (χ2v) is 7.14. The highest BCUT2D eigenvalue weighted by molar-refractivity contribution is 5.20. The van der Waals surface area contributed by atoms with E-state index >= 15 is 0 Å². The van der Waals surface area contributed by atoms with Crippen LogP contribution in [-0.4, -0.2) is 37.7 Å². The molecule has 0 aromatic carbocycles. The molecule has 1 fully saturated rings. The van der Waals surface area contributed by atoms with E-state index in [9.17, 15) is 0 Å². The van der Waals surface area contributed by atoms with Crippen molar-refractivity contribution in [2.24, 2.45) is 5.41 Å². The molecule has 1 heterocycles. The molecule has 0 saturated carbocycles.